The van der Waals surface area contributed by atoms with Crippen LogP contribution in [-0.4, -0.2) is 16.7 Å². The summed E-state index contributed by atoms with van der Waals surface area (Å²) in [7, 11) is 0. The Morgan fingerprint density at radius 3 is 1.87 bits per heavy atom. The molecule has 0 rings (SSSR count). The summed E-state index contributed by atoms with van der Waals surface area (Å²) in [5.74, 6) is 1.81. The number of halogens is 1. The van der Waals surface area contributed by atoms with Gasteiger partial charge in [-0.3, -0.25) is 4.79 Å². The Balaban J connectivity index is 2.89. The van der Waals surface area contributed by atoms with Gasteiger partial charge in [0.05, 0.1) is 0 Å². The maximum atomic E-state index is 10.6. The lowest BCUT2D eigenvalue weighted by molar-refractivity contribution is -0.109. The van der Waals surface area contributed by atoms with E-state index in [9.17, 15) is 4.79 Å². The van der Waals surface area contributed by atoms with E-state index in [1.54, 1.807) is 6.92 Å². The second kappa shape index (κ2) is 12.4. The Kier molecular flexibility index (Phi) is 12.6. The van der Waals surface area contributed by atoms with Gasteiger partial charge in [-0.15, -0.1) is 11.6 Å². The molecule has 0 N–H and O–H groups in total. The van der Waals surface area contributed by atoms with Crippen molar-refractivity contribution < 1.29 is 4.79 Å². The number of carbonyl (C=O) groups excluding carboxylic acids is 1. The quantitative estimate of drug-likeness (QED) is 0.416. The van der Waals surface area contributed by atoms with Crippen LogP contribution in [0.1, 0.15) is 58.3 Å². The Hall–Kier alpha value is 0.310. The van der Waals surface area contributed by atoms with Gasteiger partial charge in [0, 0.05) is 18.6 Å². The largest absolute Gasteiger partial charge is 0.288 e. The molecule has 0 aromatic rings. The second-order valence-electron chi connectivity index (χ2n) is 3.86. The van der Waals surface area contributed by atoms with Crippen LogP contribution < -0.4 is 0 Å². The lowest BCUT2D eigenvalue weighted by atomic mass is 10.1. The predicted octanol–water partition coefficient (Wildman–Crippen LogP) is 4.63. The smallest absolute Gasteiger partial charge is 0.185 e. The molecule has 0 saturated heterocycles. The van der Waals surface area contributed by atoms with Crippen LogP contribution in [0.4, 0.5) is 0 Å². The van der Waals surface area contributed by atoms with Gasteiger partial charge in [0.25, 0.3) is 0 Å². The Bertz CT molecular complexity index is 151. The molecule has 0 atom stereocenters. The van der Waals surface area contributed by atoms with Crippen LogP contribution in [0.5, 0.6) is 0 Å². The Morgan fingerprint density at radius 1 is 0.933 bits per heavy atom. The van der Waals surface area contributed by atoms with Gasteiger partial charge in [-0.1, -0.05) is 50.3 Å². The fourth-order valence-corrected chi connectivity index (χ4v) is 2.30. The zero-order valence-corrected chi connectivity index (χ0v) is 11.3. The van der Waals surface area contributed by atoms with Crippen LogP contribution in [0.25, 0.3) is 0 Å². The van der Waals surface area contributed by atoms with E-state index in [1.807, 2.05) is 0 Å². The molecule has 0 fully saturated rings. The zero-order chi connectivity index (χ0) is 11.4. The molecule has 15 heavy (non-hydrogen) atoms. The minimum Gasteiger partial charge on any atom is -0.288 e. The predicted molar refractivity (Wildman–Crippen MR) is 70.8 cm³/mol. The van der Waals surface area contributed by atoms with Crippen molar-refractivity contribution in [3.8, 4) is 0 Å². The van der Waals surface area contributed by atoms with E-state index in [1.165, 1.54) is 56.7 Å². The summed E-state index contributed by atoms with van der Waals surface area (Å²) in [6, 6.07) is 0. The van der Waals surface area contributed by atoms with E-state index in [2.05, 4.69) is 0 Å². The zero-order valence-electron chi connectivity index (χ0n) is 9.77. The van der Waals surface area contributed by atoms with E-state index in [-0.39, 0.29) is 5.12 Å². The molecular weight excluding hydrogens is 228 g/mol. The molecule has 0 aromatic carbocycles. The average molecular weight is 251 g/mol. The van der Waals surface area contributed by atoms with Crippen molar-refractivity contribution in [3.05, 3.63) is 0 Å². The summed E-state index contributed by atoms with van der Waals surface area (Å²) in [5.41, 5.74) is 0. The maximum absolute atomic E-state index is 10.6. The molecule has 0 amide bonds. The molecular formula is C12H23ClOS. The highest BCUT2D eigenvalue weighted by Gasteiger charge is 1.95. The molecule has 1 nitrogen and oxygen atoms in total. The summed E-state index contributed by atoms with van der Waals surface area (Å²) < 4.78 is 0. The van der Waals surface area contributed by atoms with Crippen LogP contribution in [0.3, 0.4) is 0 Å². The number of carbonyl (C=O) groups is 1. The summed E-state index contributed by atoms with van der Waals surface area (Å²) in [4.78, 5) is 10.6. The van der Waals surface area contributed by atoms with Gasteiger partial charge in [-0.25, -0.2) is 0 Å². The molecule has 0 aliphatic heterocycles. The molecule has 0 heterocycles. The van der Waals surface area contributed by atoms with Crippen molar-refractivity contribution in [2.75, 3.05) is 11.6 Å². The summed E-state index contributed by atoms with van der Waals surface area (Å²) >= 11 is 7.05. The molecule has 0 unspecified atom stereocenters. The van der Waals surface area contributed by atoms with Crippen molar-refractivity contribution in [2.45, 2.75) is 58.3 Å². The fourth-order valence-electron chi connectivity index (χ4n) is 1.47. The van der Waals surface area contributed by atoms with Gasteiger partial charge >= 0.3 is 0 Å². The summed E-state index contributed by atoms with van der Waals surface area (Å²) in [6.07, 6.45) is 10.2. The highest BCUT2D eigenvalue weighted by atomic mass is 35.5. The van der Waals surface area contributed by atoms with Crippen molar-refractivity contribution in [2.24, 2.45) is 0 Å². The van der Waals surface area contributed by atoms with Crippen LogP contribution in [0.15, 0.2) is 0 Å². The minimum atomic E-state index is 0.246. The monoisotopic (exact) mass is 250 g/mol. The van der Waals surface area contributed by atoms with Gasteiger partial charge in [-0.2, -0.15) is 0 Å². The molecule has 0 spiro atoms. The number of thioether (sulfide) groups is 1. The maximum Gasteiger partial charge on any atom is 0.185 e. The Labute approximate surface area is 103 Å². The summed E-state index contributed by atoms with van der Waals surface area (Å²) in [6.45, 7) is 1.64. The van der Waals surface area contributed by atoms with E-state index in [4.69, 9.17) is 11.6 Å². The standard InChI is InChI=1S/C12H23ClOS/c1-12(14)15-11-9-7-5-3-2-4-6-8-10-13/h2-11H2,1H3. The summed E-state index contributed by atoms with van der Waals surface area (Å²) in [5, 5.41) is 0.246. The first kappa shape index (κ1) is 15.3. The first-order valence-electron chi connectivity index (χ1n) is 5.96. The van der Waals surface area contributed by atoms with Crippen LogP contribution in [0.2, 0.25) is 0 Å². The lowest BCUT2D eigenvalue weighted by Crippen LogP contribution is -1.87. The third kappa shape index (κ3) is 14.3. The number of alkyl halides is 1. The first-order chi connectivity index (χ1) is 7.27. The number of hydrogen-bond acceptors (Lipinski definition) is 2. The number of hydrogen-bond donors (Lipinski definition) is 0. The first-order valence-corrected chi connectivity index (χ1v) is 7.48. The molecule has 90 valence electrons. The molecule has 0 bridgehead atoms. The van der Waals surface area contributed by atoms with Crippen molar-refractivity contribution in [3.63, 3.8) is 0 Å². The van der Waals surface area contributed by atoms with Gasteiger partial charge in [0.1, 0.15) is 0 Å². The van der Waals surface area contributed by atoms with Crippen molar-refractivity contribution in [1.29, 1.82) is 0 Å². The van der Waals surface area contributed by atoms with E-state index in [0.29, 0.717) is 0 Å². The molecule has 0 aliphatic rings. The van der Waals surface area contributed by atoms with E-state index >= 15 is 0 Å². The Morgan fingerprint density at radius 2 is 1.40 bits per heavy atom. The molecule has 3 heteroatoms. The van der Waals surface area contributed by atoms with Crippen molar-refractivity contribution >= 4 is 28.5 Å². The molecule has 0 radical (unpaired) electrons. The number of unbranched alkanes of at least 4 members (excludes halogenated alkanes) is 7. The SMILES string of the molecule is CC(=O)SCCCCCCCCCCCl. The molecule has 0 aliphatic carbocycles. The second-order valence-corrected chi connectivity index (χ2v) is 5.51. The average Bonchev–Trinajstić information content (AvgIpc) is 2.20. The minimum absolute atomic E-state index is 0.246. The normalized spacial score (nSPS) is 10.5. The van der Waals surface area contributed by atoms with Crippen molar-refractivity contribution in [1.82, 2.24) is 0 Å². The van der Waals surface area contributed by atoms with Gasteiger partial charge in [-0.05, 0) is 12.8 Å². The van der Waals surface area contributed by atoms with E-state index in [0.717, 1.165) is 18.1 Å². The molecule has 0 saturated carbocycles. The number of rotatable bonds is 10. The topological polar surface area (TPSA) is 17.1 Å². The van der Waals surface area contributed by atoms with E-state index < -0.39 is 0 Å². The van der Waals surface area contributed by atoms with Gasteiger partial charge in [0.2, 0.25) is 0 Å². The highest BCUT2D eigenvalue weighted by Crippen LogP contribution is 2.11. The third-order valence-corrected chi connectivity index (χ3v) is 3.50. The molecule has 0 aromatic heterocycles. The van der Waals surface area contributed by atoms with Gasteiger partial charge in [0.15, 0.2) is 5.12 Å². The fraction of sp³-hybridized carbons (Fsp3) is 0.917. The third-order valence-electron chi connectivity index (χ3n) is 2.33. The van der Waals surface area contributed by atoms with Gasteiger partial charge < -0.3 is 0 Å². The van der Waals surface area contributed by atoms with Crippen LogP contribution >= 0.6 is 23.4 Å². The highest BCUT2D eigenvalue weighted by molar-refractivity contribution is 8.13. The lowest BCUT2D eigenvalue weighted by Gasteiger charge is -2.00. The van der Waals surface area contributed by atoms with Crippen LogP contribution in [-0.2, 0) is 4.79 Å². The van der Waals surface area contributed by atoms with Crippen LogP contribution in [0, 0.1) is 0 Å².